The van der Waals surface area contributed by atoms with Crippen LogP contribution in [0.4, 0.5) is 5.69 Å². The first-order valence-electron chi connectivity index (χ1n) is 5.57. The highest BCUT2D eigenvalue weighted by Gasteiger charge is 2.18. The number of nitrogens with two attached hydrogens (primary N) is 2. The maximum Gasteiger partial charge on any atom is 0.248 e. The number of H-pyrrole nitrogens is 1. The summed E-state index contributed by atoms with van der Waals surface area (Å²) in [5.74, 6) is -0.674. The van der Waals surface area contributed by atoms with Gasteiger partial charge in [-0.2, -0.15) is 5.10 Å². The average Bonchev–Trinajstić information content (AvgIpc) is 2.89. The van der Waals surface area contributed by atoms with Gasteiger partial charge in [-0.25, -0.2) is 13.1 Å². The first kappa shape index (κ1) is 14.0. The van der Waals surface area contributed by atoms with E-state index in [0.29, 0.717) is 5.56 Å². The molecule has 8 nitrogen and oxygen atoms in total. The molecule has 1 heterocycles. The molecule has 0 radical (unpaired) electrons. The van der Waals surface area contributed by atoms with E-state index >= 15 is 0 Å². The third-order valence-corrected chi connectivity index (χ3v) is 4.08. The van der Waals surface area contributed by atoms with Crippen molar-refractivity contribution in [2.45, 2.75) is 11.4 Å². The fraction of sp³-hybridized carbons (Fsp3) is 0.0909. The van der Waals surface area contributed by atoms with Crippen LogP contribution in [0.5, 0.6) is 0 Å². The SMILES string of the molecule is NC(=O)c1ccc(S(=O)(=O)NCc2cn[nH]c2)c(N)c1. The van der Waals surface area contributed by atoms with Gasteiger partial charge in [0.05, 0.1) is 11.9 Å². The average molecular weight is 295 g/mol. The quantitative estimate of drug-likeness (QED) is 0.553. The molecule has 0 aliphatic rings. The molecular formula is C11H13N5O3S. The first-order chi connectivity index (χ1) is 9.40. The van der Waals surface area contributed by atoms with E-state index in [0.717, 1.165) is 0 Å². The molecule has 2 aromatic rings. The summed E-state index contributed by atoms with van der Waals surface area (Å²) in [5, 5.41) is 6.28. The van der Waals surface area contributed by atoms with Crippen LogP contribution in [0.15, 0.2) is 35.5 Å². The van der Waals surface area contributed by atoms with Gasteiger partial charge in [0.25, 0.3) is 0 Å². The van der Waals surface area contributed by atoms with Crippen LogP contribution >= 0.6 is 0 Å². The summed E-state index contributed by atoms with van der Waals surface area (Å²) in [7, 11) is -3.78. The lowest BCUT2D eigenvalue weighted by molar-refractivity contribution is 0.1000. The summed E-state index contributed by atoms with van der Waals surface area (Å²) in [6, 6.07) is 3.78. The van der Waals surface area contributed by atoms with Crippen LogP contribution < -0.4 is 16.2 Å². The number of anilines is 1. The number of hydrogen-bond acceptors (Lipinski definition) is 5. The standard InChI is InChI=1S/C11H13N5O3S/c12-9-3-8(11(13)17)1-2-10(9)20(18,19)16-6-7-4-14-15-5-7/h1-5,16H,6,12H2,(H2,13,17)(H,14,15). The zero-order valence-electron chi connectivity index (χ0n) is 10.3. The molecule has 0 atom stereocenters. The van der Waals surface area contributed by atoms with Crippen LogP contribution in [0.1, 0.15) is 15.9 Å². The van der Waals surface area contributed by atoms with Crippen molar-refractivity contribution in [1.82, 2.24) is 14.9 Å². The fourth-order valence-corrected chi connectivity index (χ4v) is 2.71. The van der Waals surface area contributed by atoms with Crippen LogP contribution in [0, 0.1) is 0 Å². The predicted molar refractivity (Wildman–Crippen MR) is 72.0 cm³/mol. The van der Waals surface area contributed by atoms with Gasteiger partial charge >= 0.3 is 0 Å². The van der Waals surface area contributed by atoms with Crippen molar-refractivity contribution in [2.75, 3.05) is 5.73 Å². The number of sulfonamides is 1. The third-order valence-electron chi connectivity index (χ3n) is 2.60. The van der Waals surface area contributed by atoms with E-state index in [9.17, 15) is 13.2 Å². The molecule has 0 unspecified atom stereocenters. The highest BCUT2D eigenvalue weighted by atomic mass is 32.2. The minimum atomic E-state index is -3.78. The molecule has 2 rings (SSSR count). The van der Waals surface area contributed by atoms with Crippen molar-refractivity contribution in [2.24, 2.45) is 5.73 Å². The number of hydrogen-bond donors (Lipinski definition) is 4. The van der Waals surface area contributed by atoms with Gasteiger partial charge in [-0.15, -0.1) is 0 Å². The van der Waals surface area contributed by atoms with Crippen molar-refractivity contribution in [1.29, 1.82) is 0 Å². The molecule has 0 bridgehead atoms. The van der Waals surface area contributed by atoms with Crippen LogP contribution in [0.25, 0.3) is 0 Å². The summed E-state index contributed by atoms with van der Waals surface area (Å²) in [4.78, 5) is 10.9. The Balaban J connectivity index is 2.23. The summed E-state index contributed by atoms with van der Waals surface area (Å²) in [6.45, 7) is 0.0792. The van der Waals surface area contributed by atoms with Crippen molar-refractivity contribution in [3.63, 3.8) is 0 Å². The number of amides is 1. The molecule has 0 fully saturated rings. The normalized spacial score (nSPS) is 11.4. The largest absolute Gasteiger partial charge is 0.398 e. The second kappa shape index (κ2) is 5.31. The van der Waals surface area contributed by atoms with Crippen molar-refractivity contribution < 1.29 is 13.2 Å². The Morgan fingerprint density at radius 1 is 1.40 bits per heavy atom. The highest BCUT2D eigenvalue weighted by molar-refractivity contribution is 7.89. The molecule has 0 saturated heterocycles. The Kier molecular flexibility index (Phi) is 3.72. The number of carbonyl (C=O) groups is 1. The summed E-state index contributed by atoms with van der Waals surface area (Å²) in [5.41, 5.74) is 11.5. The minimum Gasteiger partial charge on any atom is -0.398 e. The second-order valence-electron chi connectivity index (χ2n) is 4.05. The van der Waals surface area contributed by atoms with Crippen LogP contribution in [0.2, 0.25) is 0 Å². The Bertz CT molecular complexity index is 725. The van der Waals surface area contributed by atoms with Gasteiger partial charge in [0.15, 0.2) is 0 Å². The summed E-state index contributed by atoms with van der Waals surface area (Å²) < 4.78 is 26.6. The Morgan fingerprint density at radius 2 is 2.15 bits per heavy atom. The van der Waals surface area contributed by atoms with E-state index in [4.69, 9.17) is 11.5 Å². The fourth-order valence-electron chi connectivity index (χ4n) is 1.58. The number of primary amides is 1. The maximum atomic E-state index is 12.1. The van der Waals surface area contributed by atoms with E-state index in [2.05, 4.69) is 14.9 Å². The number of nitrogens with one attached hydrogen (secondary N) is 2. The summed E-state index contributed by atoms with van der Waals surface area (Å²) >= 11 is 0. The molecule has 1 aromatic carbocycles. The molecule has 0 saturated carbocycles. The van der Waals surface area contributed by atoms with E-state index in [1.807, 2.05) is 0 Å². The molecule has 9 heteroatoms. The third kappa shape index (κ3) is 2.95. The lowest BCUT2D eigenvalue weighted by atomic mass is 10.2. The van der Waals surface area contributed by atoms with Crippen LogP contribution in [0.3, 0.4) is 0 Å². The number of carbonyl (C=O) groups excluding carboxylic acids is 1. The molecule has 106 valence electrons. The number of nitrogens with zero attached hydrogens (tertiary/aromatic N) is 1. The number of aromatic amines is 1. The van der Waals surface area contributed by atoms with Crippen molar-refractivity contribution >= 4 is 21.6 Å². The Hall–Kier alpha value is -2.39. The number of aromatic nitrogens is 2. The molecule has 1 amide bonds. The number of benzene rings is 1. The van der Waals surface area contributed by atoms with Gasteiger partial charge in [0, 0.05) is 23.9 Å². The molecule has 20 heavy (non-hydrogen) atoms. The predicted octanol–water partition coefficient (Wildman–Crippen LogP) is -0.431. The maximum absolute atomic E-state index is 12.1. The van der Waals surface area contributed by atoms with Gasteiger partial charge in [-0.3, -0.25) is 9.89 Å². The van der Waals surface area contributed by atoms with Gasteiger partial charge < -0.3 is 11.5 Å². The minimum absolute atomic E-state index is 0.0407. The van der Waals surface area contributed by atoms with E-state index < -0.39 is 15.9 Å². The molecule has 6 N–H and O–H groups in total. The molecular weight excluding hydrogens is 282 g/mol. The lowest BCUT2D eigenvalue weighted by Crippen LogP contribution is -2.24. The zero-order valence-corrected chi connectivity index (χ0v) is 11.1. The molecule has 1 aromatic heterocycles. The van der Waals surface area contributed by atoms with E-state index in [1.165, 1.54) is 24.4 Å². The van der Waals surface area contributed by atoms with Gasteiger partial charge in [0.2, 0.25) is 15.9 Å². The Labute approximate surface area is 115 Å². The van der Waals surface area contributed by atoms with Crippen molar-refractivity contribution in [3.8, 4) is 0 Å². The van der Waals surface area contributed by atoms with Crippen LogP contribution in [-0.2, 0) is 16.6 Å². The molecule has 0 spiro atoms. The van der Waals surface area contributed by atoms with Gasteiger partial charge in [0.1, 0.15) is 4.90 Å². The number of rotatable bonds is 5. The number of nitrogen functional groups attached to an aromatic ring is 1. The van der Waals surface area contributed by atoms with E-state index in [-0.39, 0.29) is 22.7 Å². The van der Waals surface area contributed by atoms with Crippen LogP contribution in [-0.4, -0.2) is 24.5 Å². The first-order valence-corrected chi connectivity index (χ1v) is 7.05. The van der Waals surface area contributed by atoms with Gasteiger partial charge in [-0.1, -0.05) is 0 Å². The molecule has 0 aliphatic heterocycles. The lowest BCUT2D eigenvalue weighted by Gasteiger charge is -2.09. The Morgan fingerprint density at radius 3 is 2.70 bits per heavy atom. The smallest absolute Gasteiger partial charge is 0.248 e. The second-order valence-corrected chi connectivity index (χ2v) is 5.78. The highest BCUT2D eigenvalue weighted by Crippen LogP contribution is 2.19. The summed E-state index contributed by atoms with van der Waals surface area (Å²) in [6.07, 6.45) is 3.07. The van der Waals surface area contributed by atoms with E-state index in [1.54, 1.807) is 6.20 Å². The van der Waals surface area contributed by atoms with Crippen molar-refractivity contribution in [3.05, 3.63) is 41.7 Å². The zero-order chi connectivity index (χ0) is 14.8. The topological polar surface area (TPSA) is 144 Å². The monoisotopic (exact) mass is 295 g/mol. The molecule has 0 aliphatic carbocycles. The van der Waals surface area contributed by atoms with Gasteiger partial charge in [-0.05, 0) is 18.2 Å².